The molecule has 1 heterocycles. The SMILES string of the molecule is CCC(Nc1ccc(Cl)cc1)(C(=O)O)c1ccc(F)cn1. The molecule has 2 aromatic rings. The maximum atomic E-state index is 13.0. The van der Waals surface area contributed by atoms with Crippen LogP contribution in [-0.4, -0.2) is 16.1 Å². The van der Waals surface area contributed by atoms with Crippen LogP contribution in [0.3, 0.4) is 0 Å². The monoisotopic (exact) mass is 308 g/mol. The Hall–Kier alpha value is -2.14. The van der Waals surface area contributed by atoms with Crippen molar-refractivity contribution in [2.75, 3.05) is 5.32 Å². The largest absolute Gasteiger partial charge is 0.479 e. The van der Waals surface area contributed by atoms with Crippen molar-refractivity contribution >= 4 is 23.3 Å². The molecule has 1 unspecified atom stereocenters. The van der Waals surface area contributed by atoms with Crippen molar-refractivity contribution in [2.45, 2.75) is 18.9 Å². The van der Waals surface area contributed by atoms with E-state index < -0.39 is 17.3 Å². The molecule has 1 aromatic carbocycles. The van der Waals surface area contributed by atoms with E-state index in [4.69, 9.17) is 11.6 Å². The molecule has 2 rings (SSSR count). The molecule has 0 saturated carbocycles. The molecule has 21 heavy (non-hydrogen) atoms. The third-order valence-electron chi connectivity index (χ3n) is 3.26. The van der Waals surface area contributed by atoms with Gasteiger partial charge in [0.15, 0.2) is 5.54 Å². The summed E-state index contributed by atoms with van der Waals surface area (Å²) in [5.41, 5.74) is -0.592. The molecule has 0 aliphatic rings. The second-order valence-electron chi connectivity index (χ2n) is 4.56. The van der Waals surface area contributed by atoms with Gasteiger partial charge in [-0.2, -0.15) is 0 Å². The second-order valence-corrected chi connectivity index (χ2v) is 4.99. The lowest BCUT2D eigenvalue weighted by molar-refractivity contribution is -0.143. The van der Waals surface area contributed by atoms with Gasteiger partial charge in [0.25, 0.3) is 0 Å². The van der Waals surface area contributed by atoms with E-state index in [1.165, 1.54) is 12.1 Å². The van der Waals surface area contributed by atoms with Gasteiger partial charge in [-0.25, -0.2) is 9.18 Å². The average molecular weight is 309 g/mol. The van der Waals surface area contributed by atoms with E-state index in [1.54, 1.807) is 31.2 Å². The highest BCUT2D eigenvalue weighted by atomic mass is 35.5. The van der Waals surface area contributed by atoms with E-state index in [1.807, 2.05) is 0 Å². The molecule has 0 aliphatic carbocycles. The van der Waals surface area contributed by atoms with Gasteiger partial charge in [-0.15, -0.1) is 0 Å². The second kappa shape index (κ2) is 6.10. The maximum Gasteiger partial charge on any atom is 0.335 e. The summed E-state index contributed by atoms with van der Waals surface area (Å²) in [6.45, 7) is 1.72. The Balaban J connectivity index is 2.44. The van der Waals surface area contributed by atoms with Gasteiger partial charge in [0.05, 0.1) is 11.9 Å². The number of carboxylic acids is 1. The van der Waals surface area contributed by atoms with Crippen molar-refractivity contribution in [3.8, 4) is 0 Å². The van der Waals surface area contributed by atoms with E-state index in [-0.39, 0.29) is 12.1 Å². The van der Waals surface area contributed by atoms with Gasteiger partial charge in [0.2, 0.25) is 0 Å². The van der Waals surface area contributed by atoms with E-state index in [0.717, 1.165) is 6.20 Å². The lowest BCUT2D eigenvalue weighted by Crippen LogP contribution is -2.43. The summed E-state index contributed by atoms with van der Waals surface area (Å²) in [6.07, 6.45) is 1.25. The fraction of sp³-hybridized carbons (Fsp3) is 0.200. The maximum absolute atomic E-state index is 13.0. The van der Waals surface area contributed by atoms with Gasteiger partial charge in [-0.1, -0.05) is 18.5 Å². The smallest absolute Gasteiger partial charge is 0.335 e. The Morgan fingerprint density at radius 2 is 2.00 bits per heavy atom. The first-order valence-electron chi connectivity index (χ1n) is 6.37. The zero-order chi connectivity index (χ0) is 15.5. The Bertz CT molecular complexity index is 631. The number of nitrogens with one attached hydrogen (secondary N) is 1. The molecule has 0 bridgehead atoms. The molecule has 2 N–H and O–H groups in total. The first-order valence-corrected chi connectivity index (χ1v) is 6.75. The normalized spacial score (nSPS) is 13.5. The predicted molar refractivity (Wildman–Crippen MR) is 78.9 cm³/mol. The topological polar surface area (TPSA) is 62.2 Å². The summed E-state index contributed by atoms with van der Waals surface area (Å²) >= 11 is 5.82. The number of benzene rings is 1. The van der Waals surface area contributed by atoms with E-state index in [2.05, 4.69) is 10.3 Å². The van der Waals surface area contributed by atoms with Crippen molar-refractivity contribution in [3.05, 3.63) is 59.1 Å². The Morgan fingerprint density at radius 1 is 1.33 bits per heavy atom. The van der Waals surface area contributed by atoms with Gasteiger partial charge < -0.3 is 10.4 Å². The molecule has 6 heteroatoms. The van der Waals surface area contributed by atoms with Crippen molar-refractivity contribution in [1.29, 1.82) is 0 Å². The van der Waals surface area contributed by atoms with Crippen LogP contribution in [-0.2, 0) is 10.3 Å². The Kier molecular flexibility index (Phi) is 4.43. The zero-order valence-electron chi connectivity index (χ0n) is 11.3. The first kappa shape index (κ1) is 15.3. The van der Waals surface area contributed by atoms with Crippen molar-refractivity contribution < 1.29 is 14.3 Å². The van der Waals surface area contributed by atoms with Crippen molar-refractivity contribution in [1.82, 2.24) is 4.98 Å². The van der Waals surface area contributed by atoms with Crippen molar-refractivity contribution in [2.24, 2.45) is 0 Å². The van der Waals surface area contributed by atoms with Crippen molar-refractivity contribution in [3.63, 3.8) is 0 Å². The summed E-state index contributed by atoms with van der Waals surface area (Å²) in [6, 6.07) is 9.24. The average Bonchev–Trinajstić information content (AvgIpc) is 2.47. The van der Waals surface area contributed by atoms with Crippen LogP contribution in [0.15, 0.2) is 42.6 Å². The number of anilines is 1. The molecule has 0 amide bonds. The summed E-state index contributed by atoms with van der Waals surface area (Å²) in [4.78, 5) is 15.7. The zero-order valence-corrected chi connectivity index (χ0v) is 12.1. The number of aliphatic carboxylic acids is 1. The number of nitrogens with zero attached hydrogens (tertiary/aromatic N) is 1. The fourth-order valence-electron chi connectivity index (χ4n) is 2.06. The van der Waals surface area contributed by atoms with Crippen LogP contribution < -0.4 is 5.32 Å². The molecule has 110 valence electrons. The molecule has 0 spiro atoms. The predicted octanol–water partition coefficient (Wildman–Crippen LogP) is 3.68. The molecule has 0 saturated heterocycles. The van der Waals surface area contributed by atoms with E-state index in [9.17, 15) is 14.3 Å². The Labute approximate surface area is 126 Å². The Morgan fingerprint density at radius 3 is 2.48 bits per heavy atom. The molecule has 0 radical (unpaired) electrons. The number of halogens is 2. The standard InChI is InChI=1S/C15H14ClFN2O2/c1-2-15(14(20)21,13-8-5-11(17)9-18-13)19-12-6-3-10(16)4-7-12/h3-9,19H,2H2,1H3,(H,20,21). The van der Waals surface area contributed by atoms with Crippen LogP contribution in [0.2, 0.25) is 5.02 Å². The van der Waals surface area contributed by atoms with Crippen LogP contribution in [0.4, 0.5) is 10.1 Å². The number of pyridine rings is 1. The molecule has 1 aromatic heterocycles. The molecular formula is C15H14ClFN2O2. The van der Waals surface area contributed by atoms with Crippen LogP contribution in [0.25, 0.3) is 0 Å². The lowest BCUT2D eigenvalue weighted by atomic mass is 9.91. The third kappa shape index (κ3) is 3.13. The van der Waals surface area contributed by atoms with Gasteiger partial charge in [-0.3, -0.25) is 4.98 Å². The van der Waals surface area contributed by atoms with E-state index in [0.29, 0.717) is 10.7 Å². The highest BCUT2D eigenvalue weighted by Gasteiger charge is 2.40. The minimum atomic E-state index is -1.43. The molecule has 1 atom stereocenters. The van der Waals surface area contributed by atoms with Gasteiger partial charge >= 0.3 is 5.97 Å². The minimum absolute atomic E-state index is 0.240. The van der Waals surface area contributed by atoms with Crippen LogP contribution in [0.1, 0.15) is 19.0 Å². The molecule has 4 nitrogen and oxygen atoms in total. The number of aromatic nitrogens is 1. The molecular weight excluding hydrogens is 295 g/mol. The lowest BCUT2D eigenvalue weighted by Gasteiger charge is -2.30. The summed E-state index contributed by atoms with van der Waals surface area (Å²) < 4.78 is 13.0. The van der Waals surface area contributed by atoms with Gasteiger partial charge in [0.1, 0.15) is 5.82 Å². The summed E-state index contributed by atoms with van der Waals surface area (Å²) in [5, 5.41) is 13.2. The van der Waals surface area contributed by atoms with Gasteiger partial charge in [-0.05, 0) is 42.8 Å². The third-order valence-corrected chi connectivity index (χ3v) is 3.51. The quantitative estimate of drug-likeness (QED) is 0.884. The highest BCUT2D eigenvalue weighted by Crippen LogP contribution is 2.29. The van der Waals surface area contributed by atoms with Crippen LogP contribution in [0, 0.1) is 5.82 Å². The fourth-order valence-corrected chi connectivity index (χ4v) is 2.18. The highest BCUT2D eigenvalue weighted by molar-refractivity contribution is 6.30. The number of carboxylic acid groups (broad SMARTS) is 1. The van der Waals surface area contributed by atoms with Gasteiger partial charge in [0, 0.05) is 10.7 Å². The minimum Gasteiger partial charge on any atom is -0.479 e. The first-order chi connectivity index (χ1) is 9.98. The van der Waals surface area contributed by atoms with Crippen LogP contribution >= 0.6 is 11.6 Å². The number of hydrogen-bond acceptors (Lipinski definition) is 3. The van der Waals surface area contributed by atoms with Crippen LogP contribution in [0.5, 0.6) is 0 Å². The number of hydrogen-bond donors (Lipinski definition) is 2. The van der Waals surface area contributed by atoms with E-state index >= 15 is 0 Å². The number of carbonyl (C=O) groups is 1. The molecule has 0 aliphatic heterocycles. The molecule has 0 fully saturated rings. The number of rotatable bonds is 5. The summed E-state index contributed by atoms with van der Waals surface area (Å²) in [5.74, 6) is -1.60. The summed E-state index contributed by atoms with van der Waals surface area (Å²) in [7, 11) is 0.